The van der Waals surface area contributed by atoms with E-state index in [2.05, 4.69) is 15.0 Å². The predicted molar refractivity (Wildman–Crippen MR) is 62.5 cm³/mol. The highest BCUT2D eigenvalue weighted by molar-refractivity contribution is 5.44. The number of hydrogen-bond acceptors (Lipinski definition) is 6. The molecule has 0 unspecified atom stereocenters. The van der Waals surface area contributed by atoms with E-state index < -0.39 is 0 Å². The molecule has 2 aromatic rings. The number of nitrogens with zero attached hydrogens (tertiary/aromatic N) is 3. The highest BCUT2D eigenvalue weighted by atomic mass is 16.5. The zero-order valence-corrected chi connectivity index (χ0v) is 9.95. The van der Waals surface area contributed by atoms with E-state index in [4.69, 9.17) is 14.0 Å². The van der Waals surface area contributed by atoms with Crippen molar-refractivity contribution >= 4 is 0 Å². The van der Waals surface area contributed by atoms with Crippen LogP contribution in [0.3, 0.4) is 0 Å². The summed E-state index contributed by atoms with van der Waals surface area (Å²) in [4.78, 5) is 6.46. The van der Waals surface area contributed by atoms with E-state index in [9.17, 15) is 0 Å². The van der Waals surface area contributed by atoms with E-state index in [-0.39, 0.29) is 6.61 Å². The van der Waals surface area contributed by atoms with E-state index in [1.165, 1.54) is 12.8 Å². The van der Waals surface area contributed by atoms with Crippen LogP contribution in [-0.2, 0) is 6.54 Å². The van der Waals surface area contributed by atoms with Crippen molar-refractivity contribution in [2.24, 2.45) is 0 Å². The summed E-state index contributed by atoms with van der Waals surface area (Å²) in [6.45, 7) is 1.37. The van der Waals surface area contributed by atoms with Crippen molar-refractivity contribution in [3.8, 4) is 11.6 Å². The van der Waals surface area contributed by atoms with Crippen LogP contribution < -0.4 is 0 Å². The molecule has 0 bridgehead atoms. The first-order valence-corrected chi connectivity index (χ1v) is 6.08. The van der Waals surface area contributed by atoms with E-state index >= 15 is 0 Å². The average Bonchev–Trinajstić information content (AvgIpc) is 2.90. The van der Waals surface area contributed by atoms with Gasteiger partial charge in [-0.15, -0.1) is 0 Å². The molecule has 0 spiro atoms. The van der Waals surface area contributed by atoms with E-state index in [0.717, 1.165) is 0 Å². The Balaban J connectivity index is 1.69. The van der Waals surface area contributed by atoms with Crippen molar-refractivity contribution in [1.29, 1.82) is 0 Å². The molecule has 0 saturated heterocycles. The largest absolute Gasteiger partial charge is 0.461 e. The molecule has 96 valence electrons. The lowest BCUT2D eigenvalue weighted by Crippen LogP contribution is -2.28. The van der Waals surface area contributed by atoms with Crippen LogP contribution in [0.2, 0.25) is 0 Å². The van der Waals surface area contributed by atoms with Crippen molar-refractivity contribution in [1.82, 2.24) is 15.0 Å². The van der Waals surface area contributed by atoms with Crippen LogP contribution >= 0.6 is 0 Å². The lowest BCUT2D eigenvalue weighted by molar-refractivity contribution is 0.167. The van der Waals surface area contributed by atoms with Crippen LogP contribution in [0, 0.1) is 0 Å². The van der Waals surface area contributed by atoms with Gasteiger partial charge < -0.3 is 14.0 Å². The van der Waals surface area contributed by atoms with Crippen LogP contribution in [0.4, 0.5) is 0 Å². The van der Waals surface area contributed by atoms with Gasteiger partial charge in [-0.05, 0) is 25.0 Å². The lowest BCUT2D eigenvalue weighted by Gasteiger charge is -2.17. The Morgan fingerprint density at radius 2 is 2.33 bits per heavy atom. The molecule has 0 amide bonds. The Morgan fingerprint density at radius 3 is 3.00 bits per heavy atom. The van der Waals surface area contributed by atoms with E-state index in [1.807, 2.05) is 0 Å². The van der Waals surface area contributed by atoms with Gasteiger partial charge in [0, 0.05) is 12.6 Å². The maximum absolute atomic E-state index is 9.02. The predicted octanol–water partition coefficient (Wildman–Crippen LogP) is 1.29. The van der Waals surface area contributed by atoms with Gasteiger partial charge in [0.05, 0.1) is 19.4 Å². The van der Waals surface area contributed by atoms with Crippen molar-refractivity contribution in [3.05, 3.63) is 24.3 Å². The van der Waals surface area contributed by atoms with Crippen LogP contribution in [-0.4, -0.2) is 39.3 Å². The number of aliphatic hydroxyl groups excluding tert-OH is 1. The molecule has 18 heavy (non-hydrogen) atoms. The summed E-state index contributed by atoms with van der Waals surface area (Å²) >= 11 is 0. The smallest absolute Gasteiger partial charge is 0.241 e. The van der Waals surface area contributed by atoms with Gasteiger partial charge in [-0.1, -0.05) is 5.16 Å². The molecule has 0 radical (unpaired) electrons. The Bertz CT molecular complexity index is 490. The summed E-state index contributed by atoms with van der Waals surface area (Å²) in [5, 5.41) is 12.9. The Kier molecular flexibility index (Phi) is 3.12. The third-order valence-electron chi connectivity index (χ3n) is 3.00. The molecule has 2 aromatic heterocycles. The number of hydrogen-bond donors (Lipinski definition) is 1. The molecular weight excluding hydrogens is 234 g/mol. The van der Waals surface area contributed by atoms with Crippen molar-refractivity contribution in [3.63, 3.8) is 0 Å². The summed E-state index contributed by atoms with van der Waals surface area (Å²) in [5.74, 6) is 1.63. The fraction of sp³-hybridized carbons (Fsp3) is 0.500. The van der Waals surface area contributed by atoms with Gasteiger partial charge in [0.2, 0.25) is 11.7 Å². The fourth-order valence-electron chi connectivity index (χ4n) is 1.96. The molecule has 1 N–H and O–H groups in total. The Labute approximate surface area is 104 Å². The highest BCUT2D eigenvalue weighted by Gasteiger charge is 2.29. The van der Waals surface area contributed by atoms with Crippen LogP contribution in [0.5, 0.6) is 0 Å². The summed E-state index contributed by atoms with van der Waals surface area (Å²) in [5.41, 5.74) is 0. The first-order valence-electron chi connectivity index (χ1n) is 6.08. The minimum Gasteiger partial charge on any atom is -0.461 e. The monoisotopic (exact) mass is 249 g/mol. The second-order valence-corrected chi connectivity index (χ2v) is 4.41. The third-order valence-corrected chi connectivity index (χ3v) is 3.00. The molecule has 0 atom stereocenters. The molecular formula is C12H15N3O3. The molecule has 1 fully saturated rings. The van der Waals surface area contributed by atoms with Gasteiger partial charge in [-0.25, -0.2) is 0 Å². The number of aliphatic hydroxyl groups is 1. The molecule has 1 saturated carbocycles. The molecule has 6 nitrogen and oxygen atoms in total. The van der Waals surface area contributed by atoms with Gasteiger partial charge in [-0.3, -0.25) is 4.90 Å². The normalized spacial score (nSPS) is 15.4. The van der Waals surface area contributed by atoms with Crippen LogP contribution in [0.1, 0.15) is 18.7 Å². The maximum atomic E-state index is 9.02. The topological polar surface area (TPSA) is 75.5 Å². The SMILES string of the molecule is OCCN(Cc1nc(-c2ccco2)no1)C1CC1. The molecule has 0 aromatic carbocycles. The van der Waals surface area contributed by atoms with Gasteiger partial charge in [-0.2, -0.15) is 4.98 Å². The number of rotatable bonds is 6. The standard InChI is InChI=1S/C12H15N3O3/c16-6-5-15(9-3-4-9)8-11-13-12(14-18-11)10-2-1-7-17-10/h1-2,7,9,16H,3-6,8H2. The van der Waals surface area contributed by atoms with Gasteiger partial charge in [0.15, 0.2) is 5.76 Å². The molecule has 1 aliphatic carbocycles. The van der Waals surface area contributed by atoms with E-state index in [0.29, 0.717) is 36.6 Å². The highest BCUT2D eigenvalue weighted by Crippen LogP contribution is 2.28. The summed E-state index contributed by atoms with van der Waals surface area (Å²) in [6, 6.07) is 4.13. The first-order chi connectivity index (χ1) is 8.86. The molecule has 2 heterocycles. The zero-order chi connectivity index (χ0) is 12.4. The second kappa shape index (κ2) is 4.91. The van der Waals surface area contributed by atoms with E-state index in [1.54, 1.807) is 18.4 Å². The van der Waals surface area contributed by atoms with Gasteiger partial charge >= 0.3 is 0 Å². The Morgan fingerprint density at radius 1 is 1.44 bits per heavy atom. The molecule has 0 aliphatic heterocycles. The third kappa shape index (κ3) is 2.44. The number of furan rings is 1. The quantitative estimate of drug-likeness (QED) is 0.831. The summed E-state index contributed by atoms with van der Waals surface area (Å²) in [6.07, 6.45) is 3.94. The second-order valence-electron chi connectivity index (χ2n) is 4.41. The molecule has 6 heteroatoms. The summed E-state index contributed by atoms with van der Waals surface area (Å²) < 4.78 is 10.4. The fourth-order valence-corrected chi connectivity index (χ4v) is 1.96. The Hall–Kier alpha value is -1.66. The average molecular weight is 249 g/mol. The lowest BCUT2D eigenvalue weighted by atomic mass is 10.4. The van der Waals surface area contributed by atoms with Crippen molar-refractivity contribution < 1.29 is 14.0 Å². The maximum Gasteiger partial charge on any atom is 0.241 e. The molecule has 1 aliphatic rings. The summed E-state index contributed by atoms with van der Waals surface area (Å²) in [7, 11) is 0. The molecule has 3 rings (SSSR count). The van der Waals surface area contributed by atoms with Crippen molar-refractivity contribution in [2.45, 2.75) is 25.4 Å². The van der Waals surface area contributed by atoms with Gasteiger partial charge in [0.1, 0.15) is 0 Å². The minimum atomic E-state index is 0.148. The number of aromatic nitrogens is 2. The minimum absolute atomic E-state index is 0.148. The van der Waals surface area contributed by atoms with Crippen LogP contribution in [0.15, 0.2) is 27.3 Å². The zero-order valence-electron chi connectivity index (χ0n) is 9.95. The van der Waals surface area contributed by atoms with Crippen LogP contribution in [0.25, 0.3) is 11.6 Å². The van der Waals surface area contributed by atoms with Gasteiger partial charge in [0.25, 0.3) is 0 Å². The van der Waals surface area contributed by atoms with Crippen molar-refractivity contribution in [2.75, 3.05) is 13.2 Å². The first kappa shape index (κ1) is 11.4.